The fourth-order valence-corrected chi connectivity index (χ4v) is 1.48. The van der Waals surface area contributed by atoms with Gasteiger partial charge in [0.15, 0.2) is 6.10 Å². The minimum atomic E-state index is -1.36. The van der Waals surface area contributed by atoms with Gasteiger partial charge in [0.25, 0.3) is 5.91 Å². The molecule has 13 heavy (non-hydrogen) atoms. The molecule has 3 nitrogen and oxygen atoms in total. The van der Waals surface area contributed by atoms with Gasteiger partial charge in [-0.25, -0.2) is 0 Å². The van der Waals surface area contributed by atoms with Crippen molar-refractivity contribution >= 4 is 33.4 Å². The molecular weight excluding hydrogens is 257 g/mol. The highest BCUT2D eigenvalue weighted by molar-refractivity contribution is 9.10. The van der Waals surface area contributed by atoms with Crippen LogP contribution < -0.4 is 5.73 Å². The van der Waals surface area contributed by atoms with Crippen LogP contribution >= 0.6 is 27.5 Å². The Morgan fingerprint density at radius 1 is 1.62 bits per heavy atom. The van der Waals surface area contributed by atoms with Crippen LogP contribution in [-0.2, 0) is 4.79 Å². The van der Waals surface area contributed by atoms with E-state index in [4.69, 9.17) is 17.3 Å². The van der Waals surface area contributed by atoms with Crippen molar-refractivity contribution in [2.75, 3.05) is 0 Å². The van der Waals surface area contributed by atoms with Gasteiger partial charge in [0.2, 0.25) is 0 Å². The number of carbonyl (C=O) groups is 1. The predicted octanol–water partition coefficient (Wildman–Crippen LogP) is 1.62. The fraction of sp³-hybridized carbons (Fsp3) is 0.125. The van der Waals surface area contributed by atoms with E-state index in [0.29, 0.717) is 10.6 Å². The summed E-state index contributed by atoms with van der Waals surface area (Å²) in [5.74, 6) is -0.819. The molecule has 0 bridgehead atoms. The molecule has 3 N–H and O–H groups in total. The molecule has 1 unspecified atom stereocenters. The first-order valence-corrected chi connectivity index (χ1v) is 4.62. The molecular formula is C8H7BrClNO2. The van der Waals surface area contributed by atoms with Crippen molar-refractivity contribution in [2.24, 2.45) is 5.73 Å². The molecule has 0 fully saturated rings. The quantitative estimate of drug-likeness (QED) is 0.852. The van der Waals surface area contributed by atoms with E-state index in [1.54, 1.807) is 18.2 Å². The molecule has 0 radical (unpaired) electrons. The zero-order valence-corrected chi connectivity index (χ0v) is 8.84. The third-order valence-electron chi connectivity index (χ3n) is 1.52. The molecule has 0 aliphatic heterocycles. The van der Waals surface area contributed by atoms with Gasteiger partial charge >= 0.3 is 0 Å². The SMILES string of the molecule is NC(=O)C(O)c1cc(Br)ccc1Cl. The fourth-order valence-electron chi connectivity index (χ4n) is 0.877. The smallest absolute Gasteiger partial charge is 0.250 e. The second-order valence-corrected chi connectivity index (χ2v) is 3.79. The van der Waals surface area contributed by atoms with Gasteiger partial charge in [0, 0.05) is 15.1 Å². The van der Waals surface area contributed by atoms with Gasteiger partial charge in [-0.05, 0) is 18.2 Å². The summed E-state index contributed by atoms with van der Waals surface area (Å²) in [6.45, 7) is 0. The van der Waals surface area contributed by atoms with Crippen molar-refractivity contribution in [2.45, 2.75) is 6.10 Å². The normalized spacial score (nSPS) is 12.5. The van der Waals surface area contributed by atoms with Crippen molar-refractivity contribution in [3.63, 3.8) is 0 Å². The number of aliphatic hydroxyl groups is 1. The highest BCUT2D eigenvalue weighted by Gasteiger charge is 2.16. The number of hydrogen-bond donors (Lipinski definition) is 2. The molecule has 70 valence electrons. The Labute approximate surface area is 88.6 Å². The number of primary amides is 1. The molecule has 1 aromatic rings. The first-order valence-electron chi connectivity index (χ1n) is 3.44. The van der Waals surface area contributed by atoms with E-state index < -0.39 is 12.0 Å². The number of carbonyl (C=O) groups excluding carboxylic acids is 1. The van der Waals surface area contributed by atoms with Crippen LogP contribution in [-0.4, -0.2) is 11.0 Å². The summed E-state index contributed by atoms with van der Waals surface area (Å²) in [5, 5.41) is 9.64. The lowest BCUT2D eigenvalue weighted by Crippen LogP contribution is -2.21. The summed E-state index contributed by atoms with van der Waals surface area (Å²) >= 11 is 8.94. The lowest BCUT2D eigenvalue weighted by atomic mass is 10.1. The molecule has 1 amide bonds. The van der Waals surface area contributed by atoms with E-state index in [0.717, 1.165) is 4.47 Å². The van der Waals surface area contributed by atoms with Gasteiger partial charge in [0.1, 0.15) is 0 Å². The van der Waals surface area contributed by atoms with Crippen molar-refractivity contribution in [3.05, 3.63) is 33.3 Å². The zero-order chi connectivity index (χ0) is 10.0. The Morgan fingerprint density at radius 3 is 2.77 bits per heavy atom. The molecule has 1 aromatic carbocycles. The van der Waals surface area contributed by atoms with Crippen molar-refractivity contribution < 1.29 is 9.90 Å². The number of halogens is 2. The van der Waals surface area contributed by atoms with E-state index >= 15 is 0 Å². The van der Waals surface area contributed by atoms with Crippen LogP contribution in [0.1, 0.15) is 11.7 Å². The standard InChI is InChI=1S/C8H7BrClNO2/c9-4-1-2-6(10)5(3-4)7(12)8(11)13/h1-3,7,12H,(H2,11,13). The summed E-state index contributed by atoms with van der Waals surface area (Å²) in [6.07, 6.45) is -1.36. The number of hydrogen-bond acceptors (Lipinski definition) is 2. The summed E-state index contributed by atoms with van der Waals surface area (Å²) in [4.78, 5) is 10.7. The zero-order valence-electron chi connectivity index (χ0n) is 6.50. The van der Waals surface area contributed by atoms with Crippen molar-refractivity contribution in [1.82, 2.24) is 0 Å². The Bertz CT molecular complexity index is 343. The van der Waals surface area contributed by atoms with Gasteiger partial charge in [0.05, 0.1) is 0 Å². The van der Waals surface area contributed by atoms with Crippen LogP contribution in [0.2, 0.25) is 5.02 Å². The second kappa shape index (κ2) is 4.09. The Hall–Kier alpha value is -0.580. The van der Waals surface area contributed by atoms with E-state index in [2.05, 4.69) is 15.9 Å². The molecule has 0 heterocycles. The first-order chi connectivity index (χ1) is 6.02. The van der Waals surface area contributed by atoms with E-state index in [9.17, 15) is 9.90 Å². The van der Waals surface area contributed by atoms with Crippen LogP contribution in [0.4, 0.5) is 0 Å². The van der Waals surface area contributed by atoms with Crippen molar-refractivity contribution in [3.8, 4) is 0 Å². The predicted molar refractivity (Wildman–Crippen MR) is 53.3 cm³/mol. The van der Waals surface area contributed by atoms with E-state index in [-0.39, 0.29) is 0 Å². The lowest BCUT2D eigenvalue weighted by Gasteiger charge is -2.08. The molecule has 0 aliphatic rings. The highest BCUT2D eigenvalue weighted by atomic mass is 79.9. The number of aliphatic hydroxyl groups excluding tert-OH is 1. The van der Waals surface area contributed by atoms with Crippen LogP contribution in [0.25, 0.3) is 0 Å². The minimum absolute atomic E-state index is 0.309. The monoisotopic (exact) mass is 263 g/mol. The molecule has 0 saturated carbocycles. The lowest BCUT2D eigenvalue weighted by molar-refractivity contribution is -0.126. The van der Waals surface area contributed by atoms with Crippen molar-refractivity contribution in [1.29, 1.82) is 0 Å². The molecule has 0 spiro atoms. The van der Waals surface area contributed by atoms with Gasteiger partial charge in [-0.15, -0.1) is 0 Å². The maximum Gasteiger partial charge on any atom is 0.250 e. The largest absolute Gasteiger partial charge is 0.378 e. The summed E-state index contributed by atoms with van der Waals surface area (Å²) in [7, 11) is 0. The van der Waals surface area contributed by atoms with Gasteiger partial charge in [-0.3, -0.25) is 4.79 Å². The third kappa shape index (κ3) is 2.43. The van der Waals surface area contributed by atoms with Crippen LogP contribution in [0.15, 0.2) is 22.7 Å². The number of rotatable bonds is 2. The Morgan fingerprint density at radius 2 is 2.23 bits per heavy atom. The van der Waals surface area contributed by atoms with Crippen LogP contribution in [0, 0.1) is 0 Å². The average molecular weight is 265 g/mol. The summed E-state index contributed by atoms with van der Waals surface area (Å²) in [6, 6.07) is 4.84. The number of benzene rings is 1. The van der Waals surface area contributed by atoms with Gasteiger partial charge < -0.3 is 10.8 Å². The average Bonchev–Trinajstić information content (AvgIpc) is 2.08. The third-order valence-corrected chi connectivity index (χ3v) is 2.36. The van der Waals surface area contributed by atoms with Gasteiger partial charge in [-0.1, -0.05) is 27.5 Å². The van der Waals surface area contributed by atoms with Crippen LogP contribution in [0.3, 0.4) is 0 Å². The highest BCUT2D eigenvalue weighted by Crippen LogP contribution is 2.26. The second-order valence-electron chi connectivity index (χ2n) is 2.47. The number of nitrogens with two attached hydrogens (primary N) is 1. The van der Waals surface area contributed by atoms with Crippen LogP contribution in [0.5, 0.6) is 0 Å². The van der Waals surface area contributed by atoms with Gasteiger partial charge in [-0.2, -0.15) is 0 Å². The van der Waals surface area contributed by atoms with E-state index in [1.165, 1.54) is 0 Å². The summed E-state index contributed by atoms with van der Waals surface area (Å²) in [5.41, 5.74) is 5.23. The molecule has 0 saturated heterocycles. The number of amides is 1. The molecule has 5 heteroatoms. The first kappa shape index (κ1) is 10.5. The molecule has 1 atom stereocenters. The topological polar surface area (TPSA) is 63.3 Å². The Balaban J connectivity index is 3.12. The molecule has 1 rings (SSSR count). The van der Waals surface area contributed by atoms with E-state index in [1.807, 2.05) is 0 Å². The maximum absolute atomic E-state index is 10.7. The molecule has 0 aromatic heterocycles. The summed E-state index contributed by atoms with van der Waals surface area (Å²) < 4.78 is 0.729. The molecule has 0 aliphatic carbocycles. The Kier molecular flexibility index (Phi) is 3.30. The minimum Gasteiger partial charge on any atom is -0.378 e. The maximum atomic E-state index is 10.7.